The molecule has 3 amide bonds. The molecule has 2 N–H and O–H groups in total. The van der Waals surface area contributed by atoms with Crippen molar-refractivity contribution in [1.82, 2.24) is 20.5 Å². The Morgan fingerprint density at radius 1 is 1.08 bits per heavy atom. The Hall–Kier alpha value is -3.48. The van der Waals surface area contributed by atoms with Crippen molar-refractivity contribution in [2.24, 2.45) is 0 Å². The van der Waals surface area contributed by atoms with Crippen LogP contribution in [0.5, 0.6) is 0 Å². The van der Waals surface area contributed by atoms with Crippen LogP contribution in [0.3, 0.4) is 0 Å². The zero-order valence-electron chi connectivity index (χ0n) is 19.0. The minimum atomic E-state index is -4.43. The largest absolute Gasteiger partial charge is 0.446 e. The van der Waals surface area contributed by atoms with Gasteiger partial charge in [0.25, 0.3) is 0 Å². The number of carbonyl (C=O) groups excluding carboxylic acids is 2. The molecule has 1 atom stereocenters. The number of hydrogen-bond acceptors (Lipinski definition) is 6. The SMILES string of the molecule is O=C(NCCNC1CCN(c2cc(C(F)(F)F)ccn2)CC1)N1C(=O)OC[C@@H]1c1ccc(F)c(F)c1. The molecule has 36 heavy (non-hydrogen) atoms. The number of hydrogen-bond donors (Lipinski definition) is 2. The van der Waals surface area contributed by atoms with Gasteiger partial charge in [0.2, 0.25) is 0 Å². The molecule has 2 aliphatic rings. The summed E-state index contributed by atoms with van der Waals surface area (Å²) in [6, 6.07) is 3.60. The molecule has 3 heterocycles. The second-order valence-electron chi connectivity index (χ2n) is 8.48. The van der Waals surface area contributed by atoms with E-state index in [1.807, 2.05) is 0 Å². The zero-order chi connectivity index (χ0) is 25.9. The fourth-order valence-electron chi connectivity index (χ4n) is 4.22. The van der Waals surface area contributed by atoms with Gasteiger partial charge in [-0.15, -0.1) is 0 Å². The normalized spacial score (nSPS) is 18.9. The monoisotopic (exact) mass is 513 g/mol. The second kappa shape index (κ2) is 10.6. The van der Waals surface area contributed by atoms with E-state index in [1.165, 1.54) is 6.07 Å². The van der Waals surface area contributed by atoms with E-state index in [0.29, 0.717) is 32.5 Å². The van der Waals surface area contributed by atoms with Crippen LogP contribution in [-0.2, 0) is 10.9 Å². The number of pyridine rings is 1. The first-order valence-corrected chi connectivity index (χ1v) is 11.3. The van der Waals surface area contributed by atoms with E-state index in [9.17, 15) is 31.5 Å². The Kier molecular flexibility index (Phi) is 7.57. The molecule has 1 aromatic carbocycles. The summed E-state index contributed by atoms with van der Waals surface area (Å²) in [5, 5.41) is 5.88. The Morgan fingerprint density at radius 2 is 1.83 bits per heavy atom. The topological polar surface area (TPSA) is 86.8 Å². The van der Waals surface area contributed by atoms with Crippen molar-refractivity contribution >= 4 is 17.9 Å². The maximum atomic E-state index is 13.6. The third-order valence-electron chi connectivity index (χ3n) is 6.15. The average molecular weight is 513 g/mol. The van der Waals surface area contributed by atoms with Gasteiger partial charge >= 0.3 is 18.3 Å². The highest BCUT2D eigenvalue weighted by Gasteiger charge is 2.39. The van der Waals surface area contributed by atoms with Gasteiger partial charge in [0.1, 0.15) is 18.5 Å². The molecule has 13 heteroatoms. The maximum absolute atomic E-state index is 13.6. The van der Waals surface area contributed by atoms with Gasteiger partial charge in [-0.1, -0.05) is 6.07 Å². The van der Waals surface area contributed by atoms with E-state index >= 15 is 0 Å². The van der Waals surface area contributed by atoms with Crippen molar-refractivity contribution in [3.8, 4) is 0 Å². The van der Waals surface area contributed by atoms with Crippen molar-refractivity contribution in [1.29, 1.82) is 0 Å². The number of nitrogens with one attached hydrogen (secondary N) is 2. The number of rotatable bonds is 6. The van der Waals surface area contributed by atoms with Crippen LogP contribution in [0.1, 0.15) is 30.0 Å². The maximum Gasteiger partial charge on any atom is 0.418 e. The van der Waals surface area contributed by atoms with Gasteiger partial charge in [0.05, 0.1) is 5.56 Å². The Morgan fingerprint density at radius 3 is 2.53 bits per heavy atom. The Balaban J connectivity index is 1.22. The molecule has 0 bridgehead atoms. The number of piperidine rings is 1. The number of alkyl halides is 3. The van der Waals surface area contributed by atoms with Crippen LogP contribution in [0.2, 0.25) is 0 Å². The minimum Gasteiger partial charge on any atom is -0.446 e. The summed E-state index contributed by atoms with van der Waals surface area (Å²) in [5.74, 6) is -1.85. The summed E-state index contributed by atoms with van der Waals surface area (Å²) < 4.78 is 70.6. The lowest BCUT2D eigenvalue weighted by atomic mass is 10.0. The number of cyclic esters (lactones) is 1. The number of halogens is 5. The Bertz CT molecular complexity index is 1110. The zero-order valence-corrected chi connectivity index (χ0v) is 19.0. The number of urea groups is 1. The molecule has 2 aromatic rings. The molecule has 8 nitrogen and oxygen atoms in total. The third kappa shape index (κ3) is 5.83. The van der Waals surface area contributed by atoms with Gasteiger partial charge in [-0.25, -0.2) is 28.3 Å². The quantitative estimate of drug-likeness (QED) is 0.451. The minimum absolute atomic E-state index is 0.0932. The second-order valence-corrected chi connectivity index (χ2v) is 8.48. The smallest absolute Gasteiger partial charge is 0.418 e. The van der Waals surface area contributed by atoms with Gasteiger partial charge in [0, 0.05) is 38.4 Å². The molecule has 1 aromatic heterocycles. The number of anilines is 1. The Labute approximate surface area is 203 Å². The summed E-state index contributed by atoms with van der Waals surface area (Å²) >= 11 is 0. The molecular weight excluding hydrogens is 489 g/mol. The fourth-order valence-corrected chi connectivity index (χ4v) is 4.22. The molecule has 0 unspecified atom stereocenters. The predicted molar refractivity (Wildman–Crippen MR) is 118 cm³/mol. The molecule has 0 aliphatic carbocycles. The third-order valence-corrected chi connectivity index (χ3v) is 6.15. The fraction of sp³-hybridized carbons (Fsp3) is 0.435. The van der Waals surface area contributed by atoms with Crippen LogP contribution < -0.4 is 15.5 Å². The van der Waals surface area contributed by atoms with E-state index in [2.05, 4.69) is 15.6 Å². The highest BCUT2D eigenvalue weighted by atomic mass is 19.4. The number of carbonyl (C=O) groups is 2. The molecular formula is C23H24F5N5O3. The number of imide groups is 1. The van der Waals surface area contributed by atoms with Crippen molar-refractivity contribution < 1.29 is 36.3 Å². The van der Waals surface area contributed by atoms with Gasteiger partial charge in [-0.05, 0) is 42.7 Å². The van der Waals surface area contributed by atoms with E-state index < -0.39 is 41.5 Å². The predicted octanol–water partition coefficient (Wildman–Crippen LogP) is 3.84. The summed E-state index contributed by atoms with van der Waals surface area (Å²) in [4.78, 5) is 31.3. The molecule has 2 aliphatic heterocycles. The van der Waals surface area contributed by atoms with Crippen LogP contribution in [0.25, 0.3) is 0 Å². The first kappa shape index (κ1) is 25.6. The highest BCUT2D eigenvalue weighted by Crippen LogP contribution is 2.31. The van der Waals surface area contributed by atoms with Crippen molar-refractivity contribution in [3.05, 3.63) is 59.3 Å². The van der Waals surface area contributed by atoms with Crippen LogP contribution in [0, 0.1) is 11.6 Å². The van der Waals surface area contributed by atoms with Gasteiger partial charge in [0.15, 0.2) is 11.6 Å². The van der Waals surface area contributed by atoms with E-state index in [0.717, 1.165) is 35.4 Å². The summed E-state index contributed by atoms with van der Waals surface area (Å²) in [6.07, 6.45) is -2.82. The van der Waals surface area contributed by atoms with Crippen LogP contribution in [-0.4, -0.2) is 60.8 Å². The highest BCUT2D eigenvalue weighted by molar-refractivity contribution is 5.92. The van der Waals surface area contributed by atoms with Crippen LogP contribution in [0.15, 0.2) is 36.5 Å². The van der Waals surface area contributed by atoms with Crippen molar-refractivity contribution in [3.63, 3.8) is 0 Å². The van der Waals surface area contributed by atoms with Crippen molar-refractivity contribution in [2.75, 3.05) is 37.7 Å². The van der Waals surface area contributed by atoms with Crippen LogP contribution >= 0.6 is 0 Å². The lowest BCUT2D eigenvalue weighted by molar-refractivity contribution is -0.137. The number of amides is 3. The lowest BCUT2D eigenvalue weighted by Crippen LogP contribution is -2.47. The average Bonchev–Trinajstić information content (AvgIpc) is 3.25. The summed E-state index contributed by atoms with van der Waals surface area (Å²) in [7, 11) is 0. The molecule has 2 saturated heterocycles. The van der Waals surface area contributed by atoms with Crippen molar-refractivity contribution in [2.45, 2.75) is 31.1 Å². The lowest BCUT2D eigenvalue weighted by Gasteiger charge is -2.33. The molecule has 0 spiro atoms. The number of aromatic nitrogens is 1. The molecule has 4 rings (SSSR count). The molecule has 194 valence electrons. The van der Waals surface area contributed by atoms with E-state index in [-0.39, 0.29) is 30.6 Å². The van der Waals surface area contributed by atoms with Gasteiger partial charge in [-0.2, -0.15) is 13.2 Å². The van der Waals surface area contributed by atoms with Gasteiger partial charge in [-0.3, -0.25) is 0 Å². The number of nitrogens with zero attached hydrogens (tertiary/aromatic N) is 3. The molecule has 2 fully saturated rings. The van der Waals surface area contributed by atoms with Gasteiger partial charge < -0.3 is 20.3 Å². The van der Waals surface area contributed by atoms with Crippen LogP contribution in [0.4, 0.5) is 37.4 Å². The molecule has 0 saturated carbocycles. The summed E-state index contributed by atoms with van der Waals surface area (Å²) in [5.41, 5.74) is -0.507. The van der Waals surface area contributed by atoms with E-state index in [4.69, 9.17) is 4.74 Å². The van der Waals surface area contributed by atoms with E-state index in [1.54, 1.807) is 4.90 Å². The summed E-state index contributed by atoms with van der Waals surface area (Å²) in [6.45, 7) is 1.44. The first-order chi connectivity index (χ1) is 17.1. The first-order valence-electron chi connectivity index (χ1n) is 11.3. The number of benzene rings is 1. The number of ether oxygens (including phenoxy) is 1. The molecule has 0 radical (unpaired) electrons. The standard InChI is InChI=1S/C23H24F5N5O3/c24-17-2-1-14(11-18(17)25)19-13-36-22(35)33(19)21(34)31-8-7-29-16-4-9-32(10-5-16)20-12-15(3-6-30-20)23(26,27)28/h1-3,6,11-12,16,19,29H,4-5,7-10,13H2,(H,31,34)/t19-/m1/s1.